The summed E-state index contributed by atoms with van der Waals surface area (Å²) in [5.41, 5.74) is 8.34. The number of aromatic nitrogens is 1. The van der Waals surface area contributed by atoms with E-state index in [2.05, 4.69) is 9.88 Å². The number of aliphatic hydroxyl groups is 1. The van der Waals surface area contributed by atoms with E-state index in [1.807, 2.05) is 13.0 Å². The number of hydrogen-bond acceptors (Lipinski definition) is 5. The van der Waals surface area contributed by atoms with Crippen molar-refractivity contribution in [2.75, 3.05) is 24.6 Å². The van der Waals surface area contributed by atoms with Crippen LogP contribution in [0, 0.1) is 5.92 Å². The zero-order valence-electron chi connectivity index (χ0n) is 10.5. The average Bonchev–Trinajstić information content (AvgIpc) is 2.83. The van der Waals surface area contributed by atoms with Crippen molar-refractivity contribution in [3.8, 4) is 5.88 Å². The van der Waals surface area contributed by atoms with E-state index >= 15 is 0 Å². The number of anilines is 1. The summed E-state index contributed by atoms with van der Waals surface area (Å²) in [5.74, 6) is 0.930. The van der Waals surface area contributed by atoms with E-state index in [4.69, 9.17) is 10.5 Å². The molecule has 3 atom stereocenters. The Balaban J connectivity index is 1.90. The van der Waals surface area contributed by atoms with Gasteiger partial charge in [-0.15, -0.1) is 0 Å². The molecular formula is C13H19N3O2. The summed E-state index contributed by atoms with van der Waals surface area (Å²) in [6.45, 7) is 4.25. The maximum atomic E-state index is 9.92. The van der Waals surface area contributed by atoms with Gasteiger partial charge >= 0.3 is 0 Å². The van der Waals surface area contributed by atoms with Crippen molar-refractivity contribution in [1.82, 2.24) is 4.98 Å². The fourth-order valence-corrected chi connectivity index (χ4v) is 2.88. The fourth-order valence-electron chi connectivity index (χ4n) is 2.88. The maximum absolute atomic E-state index is 9.92. The number of rotatable bonds is 1. The Morgan fingerprint density at radius 3 is 3.11 bits per heavy atom. The molecule has 0 radical (unpaired) electrons. The van der Waals surface area contributed by atoms with Gasteiger partial charge in [0.2, 0.25) is 5.88 Å². The first-order chi connectivity index (χ1) is 8.66. The van der Waals surface area contributed by atoms with E-state index < -0.39 is 6.10 Å². The second kappa shape index (κ2) is 4.40. The van der Waals surface area contributed by atoms with Crippen LogP contribution in [0.25, 0.3) is 0 Å². The summed E-state index contributed by atoms with van der Waals surface area (Å²) < 4.78 is 5.49. The Labute approximate surface area is 107 Å². The molecule has 3 heterocycles. The summed E-state index contributed by atoms with van der Waals surface area (Å²) in [5, 5.41) is 9.92. The molecule has 0 unspecified atom stereocenters. The summed E-state index contributed by atoms with van der Waals surface area (Å²) in [6, 6.07) is 1.82. The molecule has 98 valence electrons. The van der Waals surface area contributed by atoms with Crippen LogP contribution in [-0.4, -0.2) is 41.9 Å². The Hall–Kier alpha value is -1.33. The summed E-state index contributed by atoms with van der Waals surface area (Å²) in [7, 11) is 0. The first kappa shape index (κ1) is 11.7. The second-order valence-electron chi connectivity index (χ2n) is 5.25. The van der Waals surface area contributed by atoms with Crippen molar-refractivity contribution in [2.24, 2.45) is 11.7 Å². The lowest BCUT2D eigenvalue weighted by Crippen LogP contribution is -2.55. The number of pyridine rings is 1. The number of ether oxygens (including phenoxy) is 1. The third kappa shape index (κ3) is 1.83. The summed E-state index contributed by atoms with van der Waals surface area (Å²) in [4.78, 5) is 6.49. The average molecular weight is 249 g/mol. The van der Waals surface area contributed by atoms with E-state index in [0.29, 0.717) is 13.2 Å². The predicted octanol–water partition coefficient (Wildman–Crippen LogP) is 0.161. The van der Waals surface area contributed by atoms with Gasteiger partial charge in [-0.3, -0.25) is 0 Å². The highest BCUT2D eigenvalue weighted by Crippen LogP contribution is 2.33. The van der Waals surface area contributed by atoms with E-state index in [1.165, 1.54) is 5.56 Å². The predicted molar refractivity (Wildman–Crippen MR) is 68.8 cm³/mol. The molecule has 18 heavy (non-hydrogen) atoms. The maximum Gasteiger partial charge on any atom is 0.218 e. The minimum atomic E-state index is -0.410. The van der Waals surface area contributed by atoms with E-state index in [9.17, 15) is 5.11 Å². The van der Waals surface area contributed by atoms with E-state index in [0.717, 1.165) is 24.5 Å². The van der Waals surface area contributed by atoms with Gasteiger partial charge in [0.05, 0.1) is 12.7 Å². The molecule has 0 bridgehead atoms. The molecule has 0 amide bonds. The lowest BCUT2D eigenvalue weighted by Gasteiger charge is -2.40. The lowest BCUT2D eigenvalue weighted by molar-refractivity contribution is 0.0785. The molecule has 1 aromatic heterocycles. The van der Waals surface area contributed by atoms with Crippen molar-refractivity contribution in [3.05, 3.63) is 17.8 Å². The van der Waals surface area contributed by atoms with Crippen molar-refractivity contribution in [2.45, 2.75) is 25.5 Å². The van der Waals surface area contributed by atoms with Crippen molar-refractivity contribution < 1.29 is 9.84 Å². The first-order valence-electron chi connectivity index (χ1n) is 6.46. The zero-order valence-corrected chi connectivity index (χ0v) is 10.5. The molecule has 1 aromatic rings. The third-order valence-corrected chi connectivity index (χ3v) is 3.88. The van der Waals surface area contributed by atoms with Gasteiger partial charge in [-0.1, -0.05) is 6.92 Å². The van der Waals surface area contributed by atoms with Crippen LogP contribution in [0.2, 0.25) is 0 Å². The number of fused-ring (bicyclic) bond motifs is 1. The van der Waals surface area contributed by atoms with Crippen LogP contribution in [0.3, 0.4) is 0 Å². The molecule has 5 heteroatoms. The van der Waals surface area contributed by atoms with E-state index in [1.54, 1.807) is 6.20 Å². The van der Waals surface area contributed by atoms with Gasteiger partial charge in [-0.25, -0.2) is 4.98 Å². The highest BCUT2D eigenvalue weighted by molar-refractivity contribution is 5.58. The van der Waals surface area contributed by atoms with Gasteiger partial charge in [0, 0.05) is 48.9 Å². The Morgan fingerprint density at radius 2 is 2.33 bits per heavy atom. The SMILES string of the molecule is C[C@H]1CN(c2ccnc3c2CCO3)C[C@@H](N)[C@@H]1O. The monoisotopic (exact) mass is 249 g/mol. The normalized spacial score (nSPS) is 31.1. The molecule has 3 N–H and O–H groups in total. The first-order valence-corrected chi connectivity index (χ1v) is 6.46. The van der Waals surface area contributed by atoms with Crippen LogP contribution in [0.15, 0.2) is 12.3 Å². The molecule has 5 nitrogen and oxygen atoms in total. The largest absolute Gasteiger partial charge is 0.477 e. The number of hydrogen-bond donors (Lipinski definition) is 2. The van der Waals surface area contributed by atoms with Gasteiger partial charge in [-0.2, -0.15) is 0 Å². The fraction of sp³-hybridized carbons (Fsp3) is 0.615. The minimum Gasteiger partial charge on any atom is -0.477 e. The number of nitrogens with zero attached hydrogens (tertiary/aromatic N) is 2. The van der Waals surface area contributed by atoms with Crippen molar-refractivity contribution in [1.29, 1.82) is 0 Å². The Kier molecular flexibility index (Phi) is 2.87. The second-order valence-corrected chi connectivity index (χ2v) is 5.25. The van der Waals surface area contributed by atoms with Gasteiger partial charge < -0.3 is 20.5 Å². The molecule has 1 fully saturated rings. The van der Waals surface area contributed by atoms with Crippen molar-refractivity contribution >= 4 is 5.69 Å². The molecule has 0 aliphatic carbocycles. The smallest absolute Gasteiger partial charge is 0.218 e. The quantitative estimate of drug-likeness (QED) is 0.742. The molecule has 1 saturated heterocycles. The van der Waals surface area contributed by atoms with Gasteiger partial charge in [0.25, 0.3) is 0 Å². The molecule has 0 spiro atoms. The molecule has 2 aliphatic rings. The number of piperidine rings is 1. The van der Waals surface area contributed by atoms with Gasteiger partial charge in [0.1, 0.15) is 0 Å². The summed E-state index contributed by atoms with van der Waals surface area (Å²) in [6.07, 6.45) is 2.27. The topological polar surface area (TPSA) is 71.6 Å². The standard InChI is InChI=1S/C13H19N3O2/c1-8-6-16(7-10(14)12(8)17)11-2-4-15-13-9(11)3-5-18-13/h2,4,8,10,12,17H,3,5-7,14H2,1H3/t8-,10+,12+/m0/s1. The van der Waals surface area contributed by atoms with Crippen molar-refractivity contribution in [3.63, 3.8) is 0 Å². The molecule has 3 rings (SSSR count). The molecule has 0 aromatic carbocycles. The number of aliphatic hydroxyl groups excluding tert-OH is 1. The minimum absolute atomic E-state index is 0.180. The van der Waals surface area contributed by atoms with Crippen LogP contribution in [-0.2, 0) is 6.42 Å². The van der Waals surface area contributed by atoms with Crippen LogP contribution in [0.4, 0.5) is 5.69 Å². The Bertz CT molecular complexity index is 440. The van der Waals surface area contributed by atoms with Crippen LogP contribution in [0.1, 0.15) is 12.5 Å². The van der Waals surface area contributed by atoms with Crippen LogP contribution < -0.4 is 15.4 Å². The highest BCUT2D eigenvalue weighted by atomic mass is 16.5. The van der Waals surface area contributed by atoms with Gasteiger partial charge in [-0.05, 0) is 6.07 Å². The van der Waals surface area contributed by atoms with Crippen LogP contribution in [0.5, 0.6) is 5.88 Å². The van der Waals surface area contributed by atoms with E-state index in [-0.39, 0.29) is 12.0 Å². The molecule has 2 aliphatic heterocycles. The van der Waals surface area contributed by atoms with Crippen LogP contribution >= 0.6 is 0 Å². The van der Waals surface area contributed by atoms with Gasteiger partial charge in [0.15, 0.2) is 0 Å². The highest BCUT2D eigenvalue weighted by Gasteiger charge is 2.32. The summed E-state index contributed by atoms with van der Waals surface area (Å²) >= 11 is 0. The lowest BCUT2D eigenvalue weighted by atomic mass is 9.92. The number of nitrogens with two attached hydrogens (primary N) is 1. The molecule has 0 saturated carbocycles. The molecular weight excluding hydrogens is 230 g/mol. The zero-order chi connectivity index (χ0) is 12.7. The third-order valence-electron chi connectivity index (χ3n) is 3.88. The Morgan fingerprint density at radius 1 is 1.50 bits per heavy atom.